The molecule has 0 aliphatic carbocycles. The van der Waals surface area contributed by atoms with Crippen molar-refractivity contribution >= 4 is 5.97 Å². The van der Waals surface area contributed by atoms with E-state index in [0.29, 0.717) is 0 Å². The van der Waals surface area contributed by atoms with Gasteiger partial charge in [-0.1, -0.05) is 0 Å². The van der Waals surface area contributed by atoms with Crippen LogP contribution in [-0.2, 0) is 4.79 Å². The van der Waals surface area contributed by atoms with Crippen LogP contribution >= 0.6 is 0 Å². The van der Waals surface area contributed by atoms with Crippen LogP contribution in [0, 0.1) is 0 Å². The summed E-state index contributed by atoms with van der Waals surface area (Å²) in [4.78, 5) is 10.0. The maximum absolute atomic E-state index is 10.0. The summed E-state index contributed by atoms with van der Waals surface area (Å²) >= 11 is 0. The number of carboxylic acid groups (broad SMARTS) is 1. The van der Waals surface area contributed by atoms with Gasteiger partial charge < -0.3 is 21.0 Å². The van der Waals surface area contributed by atoms with Gasteiger partial charge in [-0.25, -0.2) is 0 Å². The van der Waals surface area contributed by atoms with Crippen LogP contribution in [0.1, 0.15) is 12.8 Å². The predicted molar refractivity (Wildman–Crippen MR) is 34.8 cm³/mol. The molecule has 1 rings (SSSR count). The Kier molecular flexibility index (Phi) is 4.88. The smallest absolute Gasteiger partial charge is 0.0634 e. The molecule has 1 saturated heterocycles. The van der Waals surface area contributed by atoms with E-state index in [2.05, 4.69) is 11.1 Å². The van der Waals surface area contributed by atoms with Crippen molar-refractivity contribution < 1.29 is 15.6 Å². The summed E-state index contributed by atoms with van der Waals surface area (Å²) in [5.41, 5.74) is 3.25. The molecule has 0 amide bonds. The van der Waals surface area contributed by atoms with Crippen molar-refractivity contribution in [3.8, 4) is 0 Å². The van der Waals surface area contributed by atoms with Crippen molar-refractivity contribution in [3.63, 3.8) is 0 Å². The lowest BCUT2D eigenvalue weighted by molar-refractivity contribution is -0.325. The summed E-state index contributed by atoms with van der Waals surface area (Å²) in [6.45, 7) is 0.818. The molecule has 0 unspecified atom stereocenters. The number of hydrogen-bond acceptors (Lipinski definition) is 3. The Bertz CT molecular complexity index is 99.9. The molecule has 0 aromatic heterocycles. The third kappa shape index (κ3) is 2.80. The quantitative estimate of drug-likeness (QED) is 0.424. The molecule has 1 atom stereocenters. The van der Waals surface area contributed by atoms with Crippen molar-refractivity contribution in [1.82, 2.24) is 5.32 Å². The van der Waals surface area contributed by atoms with Gasteiger partial charge in [0.25, 0.3) is 0 Å². The third-order valence-electron chi connectivity index (χ3n) is 1.34. The van der Waals surface area contributed by atoms with Gasteiger partial charge in [0.05, 0.1) is 13.0 Å². The summed E-state index contributed by atoms with van der Waals surface area (Å²) in [6.07, 6.45) is 1.68. The second kappa shape index (κ2) is 5.20. The van der Waals surface area contributed by atoms with Crippen LogP contribution in [-0.4, -0.2) is 25.6 Å². The Balaban J connectivity index is 0.000000371. The minimum absolute atomic E-state index is 0.380. The first-order chi connectivity index (χ1) is 4.80. The molecular formula is C6H14N2O2. The van der Waals surface area contributed by atoms with Crippen LogP contribution < -0.4 is 16.2 Å². The molecule has 1 aliphatic rings. The molecule has 1 fully saturated rings. The Labute approximate surface area is 60.4 Å². The standard InChI is InChI=1S/C5H9NO2.CH5N/c7-5(8)4-2-1-3-6-4;1-2/h4,6H,1-3H2,(H,7,8);2H2,1H3/t4-;/m0./s1. The molecule has 4 heteroatoms. The molecule has 60 valence electrons. The lowest BCUT2D eigenvalue weighted by Gasteiger charge is -2.08. The minimum Gasteiger partial charge on any atom is -0.548 e. The minimum atomic E-state index is -0.970. The van der Waals surface area contributed by atoms with Crippen molar-refractivity contribution in [2.45, 2.75) is 18.9 Å². The molecule has 0 aromatic rings. The zero-order valence-electron chi connectivity index (χ0n) is 6.22. The van der Waals surface area contributed by atoms with Crippen molar-refractivity contribution in [1.29, 1.82) is 0 Å². The highest BCUT2D eigenvalue weighted by molar-refractivity contribution is 5.71. The van der Waals surface area contributed by atoms with Gasteiger partial charge >= 0.3 is 0 Å². The average molecular weight is 146 g/mol. The van der Waals surface area contributed by atoms with Crippen molar-refractivity contribution in [3.05, 3.63) is 0 Å². The van der Waals surface area contributed by atoms with E-state index < -0.39 is 5.97 Å². The Morgan fingerprint density at radius 2 is 2.30 bits per heavy atom. The first kappa shape index (κ1) is 9.39. The Morgan fingerprint density at radius 3 is 2.50 bits per heavy atom. The number of carbonyl (C=O) groups is 1. The number of carboxylic acids is 1. The van der Waals surface area contributed by atoms with Gasteiger partial charge in [-0.3, -0.25) is 0 Å². The van der Waals surface area contributed by atoms with E-state index in [9.17, 15) is 9.90 Å². The monoisotopic (exact) mass is 146 g/mol. The lowest BCUT2D eigenvalue weighted by atomic mass is 10.2. The van der Waals surface area contributed by atoms with E-state index in [4.69, 9.17) is 0 Å². The number of hydrogen-bond donors (Lipinski definition) is 2. The van der Waals surface area contributed by atoms with Crippen LogP contribution in [0.25, 0.3) is 0 Å². The summed E-state index contributed by atoms with van der Waals surface area (Å²) in [5, 5.41) is 12.8. The normalized spacial score (nSPS) is 23.2. The van der Waals surface area contributed by atoms with E-state index in [1.165, 1.54) is 0 Å². The van der Waals surface area contributed by atoms with E-state index in [1.54, 1.807) is 7.05 Å². The molecule has 0 spiro atoms. The van der Waals surface area contributed by atoms with Crippen LogP contribution in [0.2, 0.25) is 0 Å². The van der Waals surface area contributed by atoms with Crippen molar-refractivity contribution in [2.24, 2.45) is 0 Å². The fourth-order valence-corrected chi connectivity index (χ4v) is 0.886. The fraction of sp³-hybridized carbons (Fsp3) is 0.833. The molecule has 4 nitrogen and oxygen atoms in total. The Morgan fingerprint density at radius 1 is 1.70 bits per heavy atom. The molecule has 10 heavy (non-hydrogen) atoms. The maximum atomic E-state index is 10.0. The van der Waals surface area contributed by atoms with E-state index in [1.807, 2.05) is 0 Å². The molecule has 0 radical (unpaired) electrons. The highest BCUT2D eigenvalue weighted by atomic mass is 16.4. The average Bonchev–Trinajstić information content (AvgIpc) is 2.42. The van der Waals surface area contributed by atoms with Gasteiger partial charge in [0.15, 0.2) is 0 Å². The number of nitrogens with one attached hydrogen (secondary N) is 1. The van der Waals surface area contributed by atoms with Gasteiger partial charge in [-0.2, -0.15) is 0 Å². The van der Waals surface area contributed by atoms with E-state index in [-0.39, 0.29) is 6.04 Å². The summed E-state index contributed by atoms with van der Waals surface area (Å²) < 4.78 is 0. The highest BCUT2D eigenvalue weighted by Gasteiger charge is 2.13. The zero-order chi connectivity index (χ0) is 7.98. The summed E-state index contributed by atoms with van der Waals surface area (Å²) in [7, 11) is 1.75. The van der Waals surface area contributed by atoms with Gasteiger partial charge in [0.1, 0.15) is 0 Å². The highest BCUT2D eigenvalue weighted by Crippen LogP contribution is 2.02. The largest absolute Gasteiger partial charge is 0.548 e. The lowest BCUT2D eigenvalue weighted by Crippen LogP contribution is -2.41. The zero-order valence-corrected chi connectivity index (χ0v) is 6.22. The van der Waals surface area contributed by atoms with E-state index in [0.717, 1.165) is 19.4 Å². The number of carbonyl (C=O) groups excluding carboxylic acids is 1. The maximum Gasteiger partial charge on any atom is 0.0634 e. The molecule has 0 bridgehead atoms. The molecular weight excluding hydrogens is 132 g/mol. The third-order valence-corrected chi connectivity index (χ3v) is 1.34. The second-order valence-electron chi connectivity index (χ2n) is 1.97. The molecule has 1 heterocycles. The number of rotatable bonds is 1. The number of quaternary nitrogens is 1. The first-order valence-corrected chi connectivity index (χ1v) is 3.45. The number of aliphatic carboxylic acids is 1. The second-order valence-corrected chi connectivity index (χ2v) is 1.97. The van der Waals surface area contributed by atoms with Crippen LogP contribution in [0.15, 0.2) is 0 Å². The predicted octanol–water partition coefficient (Wildman–Crippen LogP) is -2.65. The summed E-state index contributed by atoms with van der Waals surface area (Å²) in [6, 6.07) is -0.380. The Hall–Kier alpha value is -0.610. The fourth-order valence-electron chi connectivity index (χ4n) is 0.886. The first-order valence-electron chi connectivity index (χ1n) is 3.45. The topological polar surface area (TPSA) is 79.8 Å². The van der Waals surface area contributed by atoms with Crippen LogP contribution in [0.4, 0.5) is 0 Å². The van der Waals surface area contributed by atoms with Gasteiger partial charge in [0.2, 0.25) is 0 Å². The van der Waals surface area contributed by atoms with E-state index >= 15 is 0 Å². The summed E-state index contributed by atoms with van der Waals surface area (Å²) in [5.74, 6) is -0.970. The SMILES string of the molecule is C[NH3+].O=C([O-])[C@@H]1CCCN1. The van der Waals surface area contributed by atoms with Gasteiger partial charge in [-0.05, 0) is 19.4 Å². The van der Waals surface area contributed by atoms with Crippen LogP contribution in [0.3, 0.4) is 0 Å². The van der Waals surface area contributed by atoms with Gasteiger partial charge in [0, 0.05) is 6.04 Å². The molecule has 4 N–H and O–H groups in total. The molecule has 1 aliphatic heterocycles. The van der Waals surface area contributed by atoms with Crippen molar-refractivity contribution in [2.75, 3.05) is 13.6 Å². The molecule has 0 aromatic carbocycles. The van der Waals surface area contributed by atoms with Gasteiger partial charge in [-0.15, -0.1) is 0 Å². The molecule has 0 saturated carbocycles. The van der Waals surface area contributed by atoms with Crippen LogP contribution in [0.5, 0.6) is 0 Å².